The van der Waals surface area contributed by atoms with Crippen LogP contribution < -0.4 is 14.4 Å². The van der Waals surface area contributed by atoms with E-state index in [1.54, 1.807) is 12.3 Å². The second-order valence-corrected chi connectivity index (χ2v) is 13.2. The van der Waals surface area contributed by atoms with E-state index >= 15 is 0 Å². The first kappa shape index (κ1) is 29.0. The van der Waals surface area contributed by atoms with Crippen LogP contribution in [0.3, 0.4) is 0 Å². The van der Waals surface area contributed by atoms with Crippen LogP contribution in [-0.2, 0) is 11.2 Å². The Morgan fingerprint density at radius 3 is 2.70 bits per heavy atom. The summed E-state index contributed by atoms with van der Waals surface area (Å²) in [4.78, 5) is 23.9. The normalized spacial score (nSPS) is 13.1. The first-order valence-corrected chi connectivity index (χ1v) is 15.2. The number of carbonyl (C=O) groups is 1. The van der Waals surface area contributed by atoms with Crippen LogP contribution in [0.2, 0.25) is 5.02 Å². The lowest BCUT2D eigenvalue weighted by Gasteiger charge is -2.28. The van der Waals surface area contributed by atoms with Crippen LogP contribution in [0, 0.1) is 6.92 Å². The van der Waals surface area contributed by atoms with Gasteiger partial charge in [-0.3, -0.25) is 9.78 Å². The van der Waals surface area contributed by atoms with E-state index in [0.29, 0.717) is 17.4 Å². The molecule has 220 valence electrons. The molecule has 0 amide bonds. The maximum Gasteiger partial charge on any atom is 0.307 e. The highest BCUT2D eigenvalue weighted by Gasteiger charge is 2.24. The molecule has 1 aliphatic heterocycles. The minimum atomic E-state index is -0.902. The molecule has 0 saturated heterocycles. The zero-order valence-electron chi connectivity index (χ0n) is 24.7. The third-order valence-corrected chi connectivity index (χ3v) is 8.70. The summed E-state index contributed by atoms with van der Waals surface area (Å²) in [5, 5.41) is 11.2. The van der Waals surface area contributed by atoms with Gasteiger partial charge in [-0.25, -0.2) is 4.98 Å². The van der Waals surface area contributed by atoms with E-state index in [1.165, 1.54) is 11.3 Å². The van der Waals surface area contributed by atoms with Gasteiger partial charge in [0.1, 0.15) is 28.7 Å². The summed E-state index contributed by atoms with van der Waals surface area (Å²) in [5.41, 5.74) is 7.28. The number of nitrogens with zero attached hydrogens (tertiary/aromatic N) is 3. The molecule has 1 N–H and O–H groups in total. The third-order valence-electron chi connectivity index (χ3n) is 7.33. The number of aliphatic carboxylic acids is 1. The van der Waals surface area contributed by atoms with Gasteiger partial charge in [0.15, 0.2) is 0 Å². The third kappa shape index (κ3) is 5.90. The number of halogens is 1. The fourth-order valence-corrected chi connectivity index (χ4v) is 6.66. The number of hydrogen-bond donors (Lipinski definition) is 1. The lowest BCUT2D eigenvalue weighted by Crippen LogP contribution is -2.28. The van der Waals surface area contributed by atoms with Gasteiger partial charge in [-0.2, -0.15) is 0 Å². The SMILES string of the molecule is Cc1cc2nc(-c3ccnc(-c4ccc5c(c4)N(C)CCO5)c3)sc2c(-c2ccc(Cl)cc2OC(C)(C)C)c1CC(=O)O. The van der Waals surface area contributed by atoms with E-state index < -0.39 is 11.6 Å². The van der Waals surface area contributed by atoms with Crippen molar-refractivity contribution in [1.29, 1.82) is 0 Å². The van der Waals surface area contributed by atoms with Gasteiger partial charge in [-0.15, -0.1) is 11.3 Å². The smallest absolute Gasteiger partial charge is 0.307 e. The molecule has 5 aromatic rings. The van der Waals surface area contributed by atoms with Gasteiger partial charge < -0.3 is 19.5 Å². The number of anilines is 1. The summed E-state index contributed by atoms with van der Waals surface area (Å²) in [7, 11) is 2.06. The van der Waals surface area contributed by atoms with Crippen molar-refractivity contribution in [2.75, 3.05) is 25.1 Å². The number of pyridine rings is 1. The van der Waals surface area contributed by atoms with Gasteiger partial charge in [0, 0.05) is 40.5 Å². The molecule has 0 saturated carbocycles. The Balaban J connectivity index is 1.51. The van der Waals surface area contributed by atoms with E-state index in [4.69, 9.17) is 26.1 Å². The van der Waals surface area contributed by atoms with Gasteiger partial charge >= 0.3 is 5.97 Å². The Morgan fingerprint density at radius 2 is 1.93 bits per heavy atom. The minimum Gasteiger partial charge on any atom is -0.490 e. The average Bonchev–Trinajstić information content (AvgIpc) is 3.37. The van der Waals surface area contributed by atoms with Crippen molar-refractivity contribution in [1.82, 2.24) is 9.97 Å². The van der Waals surface area contributed by atoms with E-state index in [0.717, 1.165) is 72.3 Å². The molecular weight excluding hydrogens is 582 g/mol. The highest BCUT2D eigenvalue weighted by atomic mass is 35.5. The van der Waals surface area contributed by atoms with Crippen LogP contribution in [-0.4, -0.2) is 46.8 Å². The number of carboxylic acid groups (broad SMARTS) is 1. The minimum absolute atomic E-state index is 0.127. The van der Waals surface area contributed by atoms with Gasteiger partial charge in [0.25, 0.3) is 0 Å². The van der Waals surface area contributed by atoms with Crippen LogP contribution >= 0.6 is 22.9 Å². The van der Waals surface area contributed by atoms with Crippen LogP contribution in [0.4, 0.5) is 5.69 Å². The number of aryl methyl sites for hydroxylation is 1. The zero-order chi connectivity index (χ0) is 30.5. The average molecular weight is 614 g/mol. The lowest BCUT2D eigenvalue weighted by molar-refractivity contribution is -0.136. The summed E-state index contributed by atoms with van der Waals surface area (Å²) >= 11 is 7.94. The zero-order valence-corrected chi connectivity index (χ0v) is 26.3. The Bertz CT molecular complexity index is 1880. The molecule has 0 radical (unpaired) electrons. The Kier molecular flexibility index (Phi) is 7.52. The summed E-state index contributed by atoms with van der Waals surface area (Å²) in [5.74, 6) is 0.568. The van der Waals surface area contributed by atoms with Crippen LogP contribution in [0.5, 0.6) is 11.5 Å². The predicted octanol–water partition coefficient (Wildman–Crippen LogP) is 8.29. The standard InChI is InChI=1S/C34H32ClN3O4S/c1-19-14-26-32(31(24(19)18-30(39)40)23-8-7-22(35)17-29(23)42-34(2,3)4)43-33(37-26)21-10-11-36-25(15-21)20-6-9-28-27(16-20)38(5)12-13-41-28/h6-11,14-17H,12-13,18H2,1-5H3,(H,39,40). The van der Waals surface area contributed by atoms with Crippen LogP contribution in [0.25, 0.3) is 43.2 Å². The number of ether oxygens (including phenoxy) is 2. The molecule has 7 nitrogen and oxygen atoms in total. The number of hydrogen-bond acceptors (Lipinski definition) is 7. The topological polar surface area (TPSA) is 84.8 Å². The van der Waals surface area contributed by atoms with Gasteiger partial charge in [0.05, 0.1) is 34.6 Å². The lowest BCUT2D eigenvalue weighted by atomic mass is 9.92. The van der Waals surface area contributed by atoms with Crippen molar-refractivity contribution in [3.05, 3.63) is 76.9 Å². The molecule has 0 fully saturated rings. The summed E-state index contributed by atoms with van der Waals surface area (Å²) in [6.45, 7) is 9.35. The second kappa shape index (κ2) is 11.2. The first-order valence-electron chi connectivity index (χ1n) is 14.1. The molecule has 3 aromatic carbocycles. The van der Waals surface area contributed by atoms with E-state index in [1.807, 2.05) is 70.2 Å². The monoisotopic (exact) mass is 613 g/mol. The molecule has 3 heterocycles. The second-order valence-electron chi connectivity index (χ2n) is 11.7. The van der Waals surface area contributed by atoms with Crippen molar-refractivity contribution >= 4 is 44.8 Å². The first-order chi connectivity index (χ1) is 20.5. The maximum absolute atomic E-state index is 12.0. The number of likely N-dealkylation sites (N-methyl/N-ethyl adjacent to an activating group) is 1. The number of thiazole rings is 1. The van der Waals surface area contributed by atoms with Crippen LogP contribution in [0.15, 0.2) is 60.8 Å². The summed E-state index contributed by atoms with van der Waals surface area (Å²) < 4.78 is 13.1. The largest absolute Gasteiger partial charge is 0.490 e. The Morgan fingerprint density at radius 1 is 1.12 bits per heavy atom. The number of carboxylic acids is 1. The van der Waals surface area contributed by atoms with Crippen molar-refractivity contribution < 1.29 is 19.4 Å². The molecule has 9 heteroatoms. The van der Waals surface area contributed by atoms with Gasteiger partial charge in [-0.05, 0) is 93.4 Å². The quantitative estimate of drug-likeness (QED) is 0.206. The predicted molar refractivity (Wildman–Crippen MR) is 174 cm³/mol. The molecular formula is C34H32ClN3O4S. The Hall–Kier alpha value is -4.14. The maximum atomic E-state index is 12.0. The van der Waals surface area contributed by atoms with Crippen molar-refractivity contribution in [3.63, 3.8) is 0 Å². The van der Waals surface area contributed by atoms with Gasteiger partial charge in [0.2, 0.25) is 0 Å². The van der Waals surface area contributed by atoms with Crippen molar-refractivity contribution in [2.45, 2.75) is 39.7 Å². The summed E-state index contributed by atoms with van der Waals surface area (Å²) in [6, 6.07) is 17.6. The molecule has 0 spiro atoms. The Labute approximate surface area is 259 Å². The van der Waals surface area contributed by atoms with E-state index in [2.05, 4.69) is 23.0 Å². The van der Waals surface area contributed by atoms with E-state index in [-0.39, 0.29) is 6.42 Å². The van der Waals surface area contributed by atoms with Crippen LogP contribution in [0.1, 0.15) is 31.9 Å². The molecule has 6 rings (SSSR count). The molecule has 2 aromatic heterocycles. The van der Waals surface area contributed by atoms with Crippen molar-refractivity contribution in [3.8, 4) is 44.5 Å². The highest BCUT2D eigenvalue weighted by Crippen LogP contribution is 2.45. The molecule has 0 atom stereocenters. The highest BCUT2D eigenvalue weighted by molar-refractivity contribution is 7.22. The molecule has 0 aliphatic carbocycles. The van der Waals surface area contributed by atoms with Gasteiger partial charge in [-0.1, -0.05) is 11.6 Å². The molecule has 0 unspecified atom stereocenters. The van der Waals surface area contributed by atoms with Crippen molar-refractivity contribution in [2.24, 2.45) is 0 Å². The summed E-state index contributed by atoms with van der Waals surface area (Å²) in [6.07, 6.45) is 1.67. The number of rotatable bonds is 6. The fourth-order valence-electron chi connectivity index (χ4n) is 5.37. The number of fused-ring (bicyclic) bond motifs is 2. The number of benzene rings is 3. The molecule has 0 bridgehead atoms. The fraction of sp³-hybridized carbons (Fsp3) is 0.265. The molecule has 43 heavy (non-hydrogen) atoms. The molecule has 1 aliphatic rings. The van der Waals surface area contributed by atoms with E-state index in [9.17, 15) is 9.90 Å². The number of aromatic nitrogens is 2.